The van der Waals surface area contributed by atoms with Crippen LogP contribution in [0.5, 0.6) is 0 Å². The van der Waals surface area contributed by atoms with Crippen LogP contribution in [0.2, 0.25) is 5.02 Å². The van der Waals surface area contributed by atoms with Crippen LogP contribution in [0.4, 0.5) is 0 Å². The lowest BCUT2D eigenvalue weighted by Gasteiger charge is -2.03. The van der Waals surface area contributed by atoms with Gasteiger partial charge in [-0.15, -0.1) is 11.3 Å². The second-order valence-corrected chi connectivity index (χ2v) is 6.83. The Morgan fingerprint density at radius 1 is 1.29 bits per heavy atom. The van der Waals surface area contributed by atoms with Gasteiger partial charge < -0.3 is 5.11 Å². The lowest BCUT2D eigenvalue weighted by molar-refractivity contribution is -0.138. The van der Waals surface area contributed by atoms with Crippen LogP contribution < -0.4 is 0 Å². The molecule has 0 aliphatic heterocycles. The van der Waals surface area contributed by atoms with Crippen molar-refractivity contribution >= 4 is 34.7 Å². The number of carbonyl (C=O) groups excluding carboxylic acids is 1. The van der Waals surface area contributed by atoms with Crippen molar-refractivity contribution in [2.24, 2.45) is 0 Å². The third-order valence-corrected chi connectivity index (χ3v) is 5.36. The minimum Gasteiger partial charge on any atom is -0.481 e. The Kier molecular flexibility index (Phi) is 3.59. The first-order chi connectivity index (χ1) is 9.99. The molecule has 0 amide bonds. The third-order valence-electron chi connectivity index (χ3n) is 3.85. The van der Waals surface area contributed by atoms with Gasteiger partial charge in [0.05, 0.1) is 5.92 Å². The highest BCUT2D eigenvalue weighted by atomic mass is 35.5. The van der Waals surface area contributed by atoms with Gasteiger partial charge in [-0.25, -0.2) is 0 Å². The van der Waals surface area contributed by atoms with Crippen LogP contribution in [-0.2, 0) is 11.2 Å². The number of aliphatic carboxylic acids is 1. The average Bonchev–Trinajstić information content (AvgIpc) is 2.96. The van der Waals surface area contributed by atoms with Crippen molar-refractivity contribution in [3.8, 4) is 0 Å². The molecule has 1 aromatic carbocycles. The highest BCUT2D eigenvalue weighted by Crippen LogP contribution is 2.43. The molecule has 0 bridgehead atoms. The average molecular weight is 321 g/mol. The molecule has 0 spiro atoms. The van der Waals surface area contributed by atoms with Crippen molar-refractivity contribution in [3.63, 3.8) is 0 Å². The van der Waals surface area contributed by atoms with Crippen LogP contribution in [0, 0.1) is 6.92 Å². The van der Waals surface area contributed by atoms with Gasteiger partial charge in [-0.3, -0.25) is 9.59 Å². The van der Waals surface area contributed by atoms with E-state index in [0.717, 1.165) is 15.3 Å². The zero-order valence-electron chi connectivity index (χ0n) is 11.4. The molecule has 1 N–H and O–H groups in total. The number of ketones is 1. The van der Waals surface area contributed by atoms with E-state index in [9.17, 15) is 14.7 Å². The molecule has 1 unspecified atom stereocenters. The van der Waals surface area contributed by atoms with Crippen molar-refractivity contribution in [3.05, 3.63) is 55.7 Å². The Morgan fingerprint density at radius 3 is 2.57 bits per heavy atom. The number of carboxylic acid groups (broad SMARTS) is 1. The number of hydrogen-bond acceptors (Lipinski definition) is 3. The summed E-state index contributed by atoms with van der Waals surface area (Å²) in [7, 11) is 0. The molecule has 2 aromatic rings. The lowest BCUT2D eigenvalue weighted by atomic mass is 9.99. The molecule has 1 atom stereocenters. The Labute approximate surface area is 131 Å². The summed E-state index contributed by atoms with van der Waals surface area (Å²) in [5.74, 6) is -1.32. The normalized spacial score (nSPS) is 16.8. The molecule has 1 aromatic heterocycles. The second kappa shape index (κ2) is 5.28. The van der Waals surface area contributed by atoms with E-state index in [1.807, 2.05) is 6.92 Å². The van der Waals surface area contributed by atoms with E-state index >= 15 is 0 Å². The highest BCUT2D eigenvalue weighted by molar-refractivity contribution is 7.12. The molecule has 108 valence electrons. The maximum absolute atomic E-state index is 12.7. The van der Waals surface area contributed by atoms with Crippen molar-refractivity contribution in [2.75, 3.05) is 0 Å². The minimum atomic E-state index is -0.805. The summed E-state index contributed by atoms with van der Waals surface area (Å²) in [6.07, 6.45) is 1.24. The van der Waals surface area contributed by atoms with Gasteiger partial charge in [0.2, 0.25) is 0 Å². The number of aryl methyl sites for hydroxylation is 1. The predicted molar refractivity (Wildman–Crippen MR) is 82.6 cm³/mol. The van der Waals surface area contributed by atoms with Crippen molar-refractivity contribution in [1.82, 2.24) is 0 Å². The quantitative estimate of drug-likeness (QED) is 0.868. The van der Waals surface area contributed by atoms with Gasteiger partial charge in [0.15, 0.2) is 5.78 Å². The summed E-state index contributed by atoms with van der Waals surface area (Å²) >= 11 is 7.28. The Hall–Kier alpha value is -1.65. The van der Waals surface area contributed by atoms with Gasteiger partial charge in [0, 0.05) is 25.9 Å². The number of halogens is 1. The fraction of sp³-hybridized carbons (Fsp3) is 0.250. The molecule has 0 saturated carbocycles. The fourth-order valence-electron chi connectivity index (χ4n) is 2.84. The lowest BCUT2D eigenvalue weighted by Crippen LogP contribution is -2.06. The Morgan fingerprint density at radius 2 is 1.95 bits per heavy atom. The van der Waals surface area contributed by atoms with Gasteiger partial charge in [0.25, 0.3) is 0 Å². The van der Waals surface area contributed by atoms with Gasteiger partial charge >= 0.3 is 5.97 Å². The SMILES string of the molecule is Cc1sc2c(c1C(=O)c1ccc(Cl)cc1)CCC2C(=O)O. The summed E-state index contributed by atoms with van der Waals surface area (Å²) < 4.78 is 0. The molecule has 0 radical (unpaired) electrons. The first kappa shape index (κ1) is 14.3. The van der Waals surface area contributed by atoms with E-state index in [-0.39, 0.29) is 5.78 Å². The molecular weight excluding hydrogens is 308 g/mol. The molecule has 3 nitrogen and oxygen atoms in total. The number of thiophene rings is 1. The maximum atomic E-state index is 12.7. The number of fused-ring (bicyclic) bond motifs is 1. The maximum Gasteiger partial charge on any atom is 0.311 e. The van der Waals surface area contributed by atoms with Crippen LogP contribution in [-0.4, -0.2) is 16.9 Å². The van der Waals surface area contributed by atoms with Crippen molar-refractivity contribution < 1.29 is 14.7 Å². The third kappa shape index (κ3) is 2.39. The predicted octanol–water partition coefficient (Wildman–Crippen LogP) is 4.06. The summed E-state index contributed by atoms with van der Waals surface area (Å²) in [4.78, 5) is 25.7. The van der Waals surface area contributed by atoms with E-state index in [2.05, 4.69) is 0 Å². The molecule has 1 aliphatic rings. The van der Waals surface area contributed by atoms with E-state index < -0.39 is 11.9 Å². The standard InChI is InChI=1S/C16H13ClO3S/c1-8-13(14(18)9-2-4-10(17)5-3-9)11-6-7-12(16(19)20)15(11)21-8/h2-5,12H,6-7H2,1H3,(H,19,20). The van der Waals surface area contributed by atoms with Crippen LogP contribution in [0.1, 0.15) is 43.6 Å². The van der Waals surface area contributed by atoms with E-state index in [1.165, 1.54) is 11.3 Å². The minimum absolute atomic E-state index is 0.0484. The zero-order chi connectivity index (χ0) is 15.1. The molecular formula is C16H13ClO3S. The van der Waals surface area contributed by atoms with Crippen LogP contribution in [0.25, 0.3) is 0 Å². The van der Waals surface area contributed by atoms with Crippen LogP contribution in [0.3, 0.4) is 0 Å². The number of benzene rings is 1. The van der Waals surface area contributed by atoms with Crippen molar-refractivity contribution in [2.45, 2.75) is 25.7 Å². The van der Waals surface area contributed by atoms with Gasteiger partial charge in [-0.05, 0) is 49.6 Å². The van der Waals surface area contributed by atoms with Gasteiger partial charge in [-0.1, -0.05) is 11.6 Å². The monoisotopic (exact) mass is 320 g/mol. The molecule has 1 heterocycles. The largest absolute Gasteiger partial charge is 0.481 e. The number of rotatable bonds is 3. The zero-order valence-corrected chi connectivity index (χ0v) is 12.9. The summed E-state index contributed by atoms with van der Waals surface area (Å²) in [5.41, 5.74) is 2.19. The topological polar surface area (TPSA) is 54.4 Å². The molecule has 3 rings (SSSR count). The van der Waals surface area contributed by atoms with Crippen LogP contribution in [0.15, 0.2) is 24.3 Å². The summed E-state index contributed by atoms with van der Waals surface area (Å²) in [6, 6.07) is 6.79. The molecule has 0 fully saturated rings. The molecule has 1 aliphatic carbocycles. The number of carbonyl (C=O) groups is 2. The van der Waals surface area contributed by atoms with Crippen LogP contribution >= 0.6 is 22.9 Å². The van der Waals surface area contributed by atoms with E-state index in [4.69, 9.17) is 11.6 Å². The summed E-state index contributed by atoms with van der Waals surface area (Å²) in [5, 5.41) is 9.84. The molecule has 21 heavy (non-hydrogen) atoms. The van der Waals surface area contributed by atoms with Gasteiger partial charge in [0.1, 0.15) is 0 Å². The summed E-state index contributed by atoms with van der Waals surface area (Å²) in [6.45, 7) is 1.88. The van der Waals surface area contributed by atoms with Gasteiger partial charge in [-0.2, -0.15) is 0 Å². The highest BCUT2D eigenvalue weighted by Gasteiger charge is 2.35. The Bertz CT molecular complexity index is 731. The molecule has 5 heteroatoms. The number of hydrogen-bond donors (Lipinski definition) is 1. The number of carboxylic acids is 1. The van der Waals surface area contributed by atoms with E-state index in [1.54, 1.807) is 24.3 Å². The first-order valence-corrected chi connectivity index (χ1v) is 7.83. The molecule has 0 saturated heterocycles. The smallest absolute Gasteiger partial charge is 0.311 e. The Balaban J connectivity index is 2.04. The second-order valence-electron chi connectivity index (χ2n) is 5.14. The first-order valence-electron chi connectivity index (χ1n) is 6.64. The van der Waals surface area contributed by atoms with E-state index in [0.29, 0.717) is 29.0 Å². The van der Waals surface area contributed by atoms with Crippen molar-refractivity contribution in [1.29, 1.82) is 0 Å². The fourth-order valence-corrected chi connectivity index (χ4v) is 4.30.